The van der Waals surface area contributed by atoms with Crippen molar-refractivity contribution in [3.8, 4) is 0 Å². The predicted molar refractivity (Wildman–Crippen MR) is 63.0 cm³/mol. The van der Waals surface area contributed by atoms with E-state index in [9.17, 15) is 0 Å². The third-order valence-corrected chi connectivity index (χ3v) is 7.57. The van der Waals surface area contributed by atoms with E-state index in [1.165, 1.54) is 25.7 Å². The molecule has 1 aliphatic heterocycles. The molecule has 1 saturated heterocycles. The number of hydrogen-bond acceptors (Lipinski definition) is 3. The average molecular weight is 232 g/mol. The van der Waals surface area contributed by atoms with Gasteiger partial charge in [-0.3, -0.25) is 0 Å². The highest BCUT2D eigenvalue weighted by molar-refractivity contribution is 6.69. The first-order chi connectivity index (χ1) is 7.24. The molecule has 0 radical (unpaired) electrons. The van der Waals surface area contributed by atoms with Gasteiger partial charge in [-0.25, -0.2) is 0 Å². The minimum Gasteiger partial charge on any atom is -0.396 e. The van der Waals surface area contributed by atoms with E-state index in [0.29, 0.717) is 5.92 Å². The monoisotopic (exact) mass is 232 g/mol. The van der Waals surface area contributed by atoms with E-state index in [0.717, 1.165) is 6.04 Å². The van der Waals surface area contributed by atoms with Crippen molar-refractivity contribution < 1.29 is 13.6 Å². The van der Waals surface area contributed by atoms with Gasteiger partial charge in [-0.2, -0.15) is 0 Å². The molecule has 3 nitrogen and oxygen atoms in total. The second-order valence-electron chi connectivity index (χ2n) is 4.32. The third-order valence-electron chi connectivity index (χ3n) is 3.57. The normalized spacial score (nSPS) is 30.4. The van der Waals surface area contributed by atoms with Crippen LogP contribution in [0.2, 0.25) is 6.04 Å². The summed E-state index contributed by atoms with van der Waals surface area (Å²) in [6.45, 7) is 2.23. The van der Waals surface area contributed by atoms with Gasteiger partial charge in [0.15, 0.2) is 0 Å². The summed E-state index contributed by atoms with van der Waals surface area (Å²) in [5.41, 5.74) is 0.209. The fraction of sp³-hybridized carbons (Fsp3) is 1.00. The first kappa shape index (κ1) is 13.2. The Balaban J connectivity index is 2.77. The number of rotatable bonds is 5. The van der Waals surface area contributed by atoms with Gasteiger partial charge in [0.2, 0.25) is 0 Å². The van der Waals surface area contributed by atoms with Crippen LogP contribution in [0.3, 0.4) is 0 Å². The Hall–Kier alpha value is 0.0969. The molecule has 0 aromatic heterocycles. The van der Waals surface area contributed by atoms with Crippen molar-refractivity contribution in [1.82, 2.24) is 0 Å². The summed E-state index contributed by atoms with van der Waals surface area (Å²) < 4.78 is 17.1. The first-order valence-corrected chi connectivity index (χ1v) is 7.97. The number of hydrogen-bond donors (Lipinski definition) is 0. The van der Waals surface area contributed by atoms with Crippen LogP contribution in [-0.4, -0.2) is 35.6 Å². The van der Waals surface area contributed by atoms with E-state index < -0.39 is 8.56 Å². The second-order valence-corrected chi connectivity index (χ2v) is 7.83. The zero-order valence-corrected chi connectivity index (χ0v) is 11.4. The van der Waals surface area contributed by atoms with Crippen LogP contribution in [0.4, 0.5) is 0 Å². The Morgan fingerprint density at radius 2 is 1.87 bits per heavy atom. The Kier molecular flexibility index (Phi) is 5.25. The van der Waals surface area contributed by atoms with Gasteiger partial charge >= 0.3 is 8.56 Å². The lowest BCUT2D eigenvalue weighted by Gasteiger charge is -2.42. The molecule has 0 aromatic rings. The first-order valence-electron chi connectivity index (χ1n) is 5.87. The summed E-state index contributed by atoms with van der Waals surface area (Å²) >= 11 is 0. The zero-order chi connectivity index (χ0) is 11.3. The molecule has 0 spiro atoms. The van der Waals surface area contributed by atoms with E-state index in [1.807, 2.05) is 0 Å². The Labute approximate surface area is 94.4 Å². The maximum atomic E-state index is 5.70. The molecule has 0 bridgehead atoms. The predicted octanol–water partition coefficient (Wildman–Crippen LogP) is 2.49. The second kappa shape index (κ2) is 5.99. The van der Waals surface area contributed by atoms with E-state index in [2.05, 4.69) is 6.92 Å². The van der Waals surface area contributed by atoms with Crippen LogP contribution < -0.4 is 0 Å². The maximum absolute atomic E-state index is 5.70. The molecule has 1 heterocycles. The van der Waals surface area contributed by atoms with Gasteiger partial charge in [-0.05, 0) is 24.8 Å². The van der Waals surface area contributed by atoms with Crippen molar-refractivity contribution in [2.24, 2.45) is 5.92 Å². The molecule has 0 aliphatic carbocycles. The SMILES string of the molecule is CCCC1CCC[Si](OC)(OC)C1OC. The van der Waals surface area contributed by atoms with Gasteiger partial charge in [-0.15, -0.1) is 0 Å². The summed E-state index contributed by atoms with van der Waals surface area (Å²) in [4.78, 5) is 0. The van der Waals surface area contributed by atoms with Crippen LogP contribution in [0, 0.1) is 5.92 Å². The van der Waals surface area contributed by atoms with E-state index in [4.69, 9.17) is 13.6 Å². The lowest BCUT2D eigenvalue weighted by Crippen LogP contribution is -2.58. The molecule has 2 unspecified atom stereocenters. The highest BCUT2D eigenvalue weighted by Crippen LogP contribution is 2.37. The Bertz CT molecular complexity index is 181. The smallest absolute Gasteiger partial charge is 0.367 e. The van der Waals surface area contributed by atoms with Gasteiger partial charge in [0.25, 0.3) is 0 Å². The lowest BCUT2D eigenvalue weighted by atomic mass is 9.98. The average Bonchev–Trinajstić information content (AvgIpc) is 2.29. The van der Waals surface area contributed by atoms with Crippen LogP contribution in [0.15, 0.2) is 0 Å². The summed E-state index contributed by atoms with van der Waals surface area (Å²) in [7, 11) is 3.26. The molecule has 0 amide bonds. The van der Waals surface area contributed by atoms with Crippen LogP contribution >= 0.6 is 0 Å². The van der Waals surface area contributed by atoms with E-state index >= 15 is 0 Å². The number of ether oxygens (including phenoxy) is 1. The molecule has 0 N–H and O–H groups in total. The van der Waals surface area contributed by atoms with Crippen LogP contribution in [-0.2, 0) is 13.6 Å². The summed E-state index contributed by atoms with van der Waals surface area (Å²) in [5, 5.41) is 0. The van der Waals surface area contributed by atoms with Crippen molar-refractivity contribution in [3.05, 3.63) is 0 Å². The third kappa shape index (κ3) is 2.61. The lowest BCUT2D eigenvalue weighted by molar-refractivity contribution is 0.0398. The van der Waals surface area contributed by atoms with Gasteiger partial charge in [-0.1, -0.05) is 19.8 Å². The van der Waals surface area contributed by atoms with E-state index in [1.54, 1.807) is 21.3 Å². The molecule has 1 fully saturated rings. The standard InChI is InChI=1S/C11H24O3Si/c1-5-7-10-8-6-9-15(13-3,14-4)11(10)12-2/h10-11H,5-9H2,1-4H3. The van der Waals surface area contributed by atoms with Gasteiger partial charge < -0.3 is 13.6 Å². The molecule has 15 heavy (non-hydrogen) atoms. The number of methoxy groups -OCH3 is 1. The van der Waals surface area contributed by atoms with Crippen LogP contribution in [0.25, 0.3) is 0 Å². The van der Waals surface area contributed by atoms with Crippen molar-refractivity contribution in [1.29, 1.82) is 0 Å². The fourth-order valence-electron chi connectivity index (χ4n) is 2.82. The minimum atomic E-state index is -2.08. The minimum absolute atomic E-state index is 0.209. The molecule has 2 atom stereocenters. The molecular formula is C11H24O3Si. The quantitative estimate of drug-likeness (QED) is 0.682. The van der Waals surface area contributed by atoms with Crippen molar-refractivity contribution in [2.45, 2.75) is 44.4 Å². The molecule has 1 aliphatic rings. The topological polar surface area (TPSA) is 27.7 Å². The zero-order valence-electron chi connectivity index (χ0n) is 10.4. The van der Waals surface area contributed by atoms with Crippen LogP contribution in [0.1, 0.15) is 32.6 Å². The molecule has 90 valence electrons. The molecule has 4 heteroatoms. The molecule has 0 aromatic carbocycles. The van der Waals surface area contributed by atoms with Gasteiger partial charge in [0.05, 0.1) is 0 Å². The molecule has 0 saturated carbocycles. The van der Waals surface area contributed by atoms with E-state index in [-0.39, 0.29) is 5.73 Å². The highest BCUT2D eigenvalue weighted by Gasteiger charge is 2.50. The van der Waals surface area contributed by atoms with Crippen LogP contribution in [0.5, 0.6) is 0 Å². The Morgan fingerprint density at radius 3 is 2.33 bits per heavy atom. The Morgan fingerprint density at radius 1 is 1.20 bits per heavy atom. The summed E-state index contributed by atoms with van der Waals surface area (Å²) in [5.74, 6) is 0.625. The highest BCUT2D eigenvalue weighted by atomic mass is 28.4. The van der Waals surface area contributed by atoms with Crippen molar-refractivity contribution in [2.75, 3.05) is 21.3 Å². The molecular weight excluding hydrogens is 208 g/mol. The summed E-state index contributed by atoms with van der Waals surface area (Å²) in [6, 6.07) is 1.07. The molecule has 1 rings (SSSR count). The largest absolute Gasteiger partial charge is 0.396 e. The van der Waals surface area contributed by atoms with Crippen molar-refractivity contribution >= 4 is 8.56 Å². The van der Waals surface area contributed by atoms with Crippen molar-refractivity contribution in [3.63, 3.8) is 0 Å². The fourth-order valence-corrected chi connectivity index (χ4v) is 6.25. The summed E-state index contributed by atoms with van der Waals surface area (Å²) in [6.07, 6.45) is 4.91. The van der Waals surface area contributed by atoms with Gasteiger partial charge in [0.1, 0.15) is 5.73 Å². The van der Waals surface area contributed by atoms with Gasteiger partial charge in [0, 0.05) is 21.3 Å². The maximum Gasteiger partial charge on any atom is 0.367 e.